The van der Waals surface area contributed by atoms with Crippen LogP contribution in [0.3, 0.4) is 0 Å². The number of rotatable bonds is 5. The molecule has 0 unspecified atom stereocenters. The summed E-state index contributed by atoms with van der Waals surface area (Å²) >= 11 is 12.0. The molecule has 0 atom stereocenters. The molecule has 0 aliphatic carbocycles. The van der Waals surface area contributed by atoms with E-state index in [1.165, 1.54) is 30.3 Å². The van der Waals surface area contributed by atoms with E-state index in [1.807, 2.05) is 0 Å². The highest BCUT2D eigenvalue weighted by molar-refractivity contribution is 7.92. The van der Waals surface area contributed by atoms with Gasteiger partial charge in [0, 0.05) is 10.0 Å². The maximum Gasteiger partial charge on any atom is 0.337 e. The standard InChI is InChI=1S/C19H13Cl2NO4S/c20-14-8-13(9-15(21)11-14)12-4-3-5-16(10-12)27(25,26)22-18-7-2-1-6-17(18)19(23)24/h1-11,22H,(H,23,24). The summed E-state index contributed by atoms with van der Waals surface area (Å²) in [4.78, 5) is 11.3. The lowest BCUT2D eigenvalue weighted by Gasteiger charge is -2.12. The predicted octanol–water partition coefficient (Wildman–Crippen LogP) is 5.16. The van der Waals surface area contributed by atoms with Crippen LogP contribution in [0.15, 0.2) is 71.6 Å². The number of hydrogen-bond acceptors (Lipinski definition) is 3. The van der Waals surface area contributed by atoms with Gasteiger partial charge in [0.25, 0.3) is 10.0 Å². The Morgan fingerprint density at radius 3 is 2.19 bits per heavy atom. The normalized spacial score (nSPS) is 11.2. The number of sulfonamides is 1. The van der Waals surface area contributed by atoms with Crippen LogP contribution in [0.25, 0.3) is 11.1 Å². The maximum absolute atomic E-state index is 12.7. The molecule has 0 aromatic heterocycles. The molecule has 0 radical (unpaired) electrons. The van der Waals surface area contributed by atoms with Crippen LogP contribution < -0.4 is 4.72 Å². The molecule has 3 rings (SSSR count). The molecule has 8 heteroatoms. The lowest BCUT2D eigenvalue weighted by atomic mass is 10.1. The number of halogens is 2. The summed E-state index contributed by atoms with van der Waals surface area (Å²) in [6, 6.07) is 16.9. The van der Waals surface area contributed by atoms with E-state index in [0.717, 1.165) is 0 Å². The molecule has 138 valence electrons. The Bertz CT molecular complexity index is 1110. The number of benzene rings is 3. The Morgan fingerprint density at radius 1 is 0.852 bits per heavy atom. The molecular weight excluding hydrogens is 409 g/mol. The number of anilines is 1. The van der Waals surface area contributed by atoms with Gasteiger partial charge in [0.1, 0.15) is 0 Å². The molecule has 0 saturated heterocycles. The zero-order valence-corrected chi connectivity index (χ0v) is 16.0. The van der Waals surface area contributed by atoms with Crippen LogP contribution in [0.1, 0.15) is 10.4 Å². The Hall–Kier alpha value is -2.54. The molecule has 0 aliphatic heterocycles. The molecule has 0 amide bonds. The van der Waals surface area contributed by atoms with Gasteiger partial charge in [0.05, 0.1) is 16.1 Å². The second kappa shape index (κ2) is 7.60. The third-order valence-electron chi connectivity index (χ3n) is 3.74. The third kappa shape index (κ3) is 4.42. The first-order valence-electron chi connectivity index (χ1n) is 7.68. The number of aromatic carboxylic acids is 1. The first-order chi connectivity index (χ1) is 12.8. The van der Waals surface area contributed by atoms with Crippen molar-refractivity contribution in [1.29, 1.82) is 0 Å². The van der Waals surface area contributed by atoms with E-state index in [2.05, 4.69) is 4.72 Å². The van der Waals surface area contributed by atoms with Gasteiger partial charge < -0.3 is 5.11 Å². The number of nitrogens with one attached hydrogen (secondary N) is 1. The zero-order chi connectivity index (χ0) is 19.6. The van der Waals surface area contributed by atoms with Crippen molar-refractivity contribution in [2.24, 2.45) is 0 Å². The lowest BCUT2D eigenvalue weighted by Crippen LogP contribution is -2.15. The minimum absolute atomic E-state index is 0.0128. The Balaban J connectivity index is 2.00. The van der Waals surface area contributed by atoms with E-state index in [1.54, 1.807) is 36.4 Å². The molecule has 2 N–H and O–H groups in total. The van der Waals surface area contributed by atoms with Crippen molar-refractivity contribution in [2.75, 3.05) is 4.72 Å². The van der Waals surface area contributed by atoms with Gasteiger partial charge >= 0.3 is 5.97 Å². The minimum Gasteiger partial charge on any atom is -0.478 e. The fourth-order valence-corrected chi connectivity index (χ4v) is 4.18. The van der Waals surface area contributed by atoms with Crippen LogP contribution in [0.5, 0.6) is 0 Å². The van der Waals surface area contributed by atoms with E-state index in [4.69, 9.17) is 23.2 Å². The first kappa shape index (κ1) is 19.2. The van der Waals surface area contributed by atoms with Gasteiger partial charge in [-0.2, -0.15) is 0 Å². The summed E-state index contributed by atoms with van der Waals surface area (Å²) in [5.74, 6) is -1.23. The molecule has 0 heterocycles. The van der Waals surface area contributed by atoms with Gasteiger partial charge in [-0.05, 0) is 53.6 Å². The van der Waals surface area contributed by atoms with Gasteiger partial charge in [-0.25, -0.2) is 13.2 Å². The van der Waals surface area contributed by atoms with E-state index < -0.39 is 16.0 Å². The third-order valence-corrected chi connectivity index (χ3v) is 5.54. The Morgan fingerprint density at radius 2 is 1.52 bits per heavy atom. The lowest BCUT2D eigenvalue weighted by molar-refractivity contribution is 0.0698. The predicted molar refractivity (Wildman–Crippen MR) is 106 cm³/mol. The minimum atomic E-state index is -4.00. The van der Waals surface area contributed by atoms with Crippen molar-refractivity contribution in [3.8, 4) is 11.1 Å². The van der Waals surface area contributed by atoms with Crippen molar-refractivity contribution in [3.63, 3.8) is 0 Å². The van der Waals surface area contributed by atoms with Crippen molar-refractivity contribution < 1.29 is 18.3 Å². The summed E-state index contributed by atoms with van der Waals surface area (Å²) in [5.41, 5.74) is 1.12. The highest BCUT2D eigenvalue weighted by Gasteiger charge is 2.19. The largest absolute Gasteiger partial charge is 0.478 e. The van der Waals surface area contributed by atoms with Crippen LogP contribution in [0, 0.1) is 0 Å². The number of hydrogen-bond donors (Lipinski definition) is 2. The van der Waals surface area contributed by atoms with E-state index >= 15 is 0 Å². The Kier molecular flexibility index (Phi) is 5.41. The molecule has 27 heavy (non-hydrogen) atoms. The average Bonchev–Trinajstić information content (AvgIpc) is 2.61. The van der Waals surface area contributed by atoms with Gasteiger partial charge in [0.15, 0.2) is 0 Å². The fraction of sp³-hybridized carbons (Fsp3) is 0. The summed E-state index contributed by atoms with van der Waals surface area (Å²) < 4.78 is 27.8. The smallest absolute Gasteiger partial charge is 0.337 e. The van der Waals surface area contributed by atoms with E-state index in [0.29, 0.717) is 21.2 Å². The molecule has 0 aliphatic rings. The first-order valence-corrected chi connectivity index (χ1v) is 9.92. The Labute approximate surface area is 166 Å². The summed E-state index contributed by atoms with van der Waals surface area (Å²) in [7, 11) is -4.00. The van der Waals surface area contributed by atoms with Crippen LogP contribution in [0.4, 0.5) is 5.69 Å². The number of carbonyl (C=O) groups is 1. The van der Waals surface area contributed by atoms with Gasteiger partial charge in [-0.3, -0.25) is 4.72 Å². The van der Waals surface area contributed by atoms with Crippen molar-refractivity contribution in [2.45, 2.75) is 4.90 Å². The summed E-state index contributed by atoms with van der Waals surface area (Å²) in [5, 5.41) is 10.1. The van der Waals surface area contributed by atoms with Crippen molar-refractivity contribution in [1.82, 2.24) is 0 Å². The average molecular weight is 422 g/mol. The maximum atomic E-state index is 12.7. The van der Waals surface area contributed by atoms with Crippen molar-refractivity contribution >= 4 is 44.9 Å². The van der Waals surface area contributed by atoms with Crippen LogP contribution >= 0.6 is 23.2 Å². The monoisotopic (exact) mass is 421 g/mol. The van der Waals surface area contributed by atoms with Crippen LogP contribution in [-0.2, 0) is 10.0 Å². The van der Waals surface area contributed by atoms with E-state index in [-0.39, 0.29) is 16.1 Å². The van der Waals surface area contributed by atoms with E-state index in [9.17, 15) is 18.3 Å². The molecule has 5 nitrogen and oxygen atoms in total. The molecular formula is C19H13Cl2NO4S. The molecule has 3 aromatic rings. The topological polar surface area (TPSA) is 83.5 Å². The highest BCUT2D eigenvalue weighted by atomic mass is 35.5. The molecule has 3 aromatic carbocycles. The van der Waals surface area contributed by atoms with Crippen molar-refractivity contribution in [3.05, 3.63) is 82.3 Å². The molecule has 0 bridgehead atoms. The molecule has 0 fully saturated rings. The van der Waals surface area contributed by atoms with Gasteiger partial charge in [-0.15, -0.1) is 0 Å². The second-order valence-electron chi connectivity index (χ2n) is 5.64. The number of para-hydroxylation sites is 1. The van der Waals surface area contributed by atoms with Gasteiger partial charge in [0.2, 0.25) is 0 Å². The van der Waals surface area contributed by atoms with Crippen LogP contribution in [0.2, 0.25) is 10.0 Å². The highest BCUT2D eigenvalue weighted by Crippen LogP contribution is 2.29. The zero-order valence-electron chi connectivity index (χ0n) is 13.7. The molecule has 0 saturated carbocycles. The fourth-order valence-electron chi connectivity index (χ4n) is 2.53. The quantitative estimate of drug-likeness (QED) is 0.595. The summed E-state index contributed by atoms with van der Waals surface area (Å²) in [6.45, 7) is 0. The van der Waals surface area contributed by atoms with Gasteiger partial charge in [-0.1, -0.05) is 47.5 Å². The second-order valence-corrected chi connectivity index (χ2v) is 8.20. The van der Waals surface area contributed by atoms with Crippen LogP contribution in [-0.4, -0.2) is 19.5 Å². The summed E-state index contributed by atoms with van der Waals surface area (Å²) in [6.07, 6.45) is 0. The SMILES string of the molecule is O=C(O)c1ccccc1NS(=O)(=O)c1cccc(-c2cc(Cl)cc(Cl)c2)c1. The molecule has 0 spiro atoms. The number of carboxylic acids is 1. The number of carboxylic acid groups (broad SMARTS) is 1.